The molecule has 1 heterocycles. The molecule has 5 nitrogen and oxygen atoms in total. The molecule has 2 aromatic rings. The second-order valence-electron chi connectivity index (χ2n) is 5.88. The molecule has 144 valence electrons. The molecule has 0 radical (unpaired) electrons. The Morgan fingerprint density at radius 3 is 2.33 bits per heavy atom. The lowest BCUT2D eigenvalue weighted by Gasteiger charge is -2.07. The van der Waals surface area contributed by atoms with Gasteiger partial charge in [0.15, 0.2) is 17.4 Å². The molecule has 0 aliphatic rings. The molecule has 0 spiro atoms. The first-order valence-corrected chi connectivity index (χ1v) is 9.37. The summed E-state index contributed by atoms with van der Waals surface area (Å²) in [7, 11) is 0. The van der Waals surface area contributed by atoms with E-state index in [4.69, 9.17) is 0 Å². The van der Waals surface area contributed by atoms with Gasteiger partial charge in [-0.1, -0.05) is 12.1 Å². The minimum absolute atomic E-state index is 0.0472. The lowest BCUT2D eigenvalue weighted by atomic mass is 10.1. The molecule has 27 heavy (non-hydrogen) atoms. The number of Topliss-reactive ketones (excluding diaryl/α,β-unsaturated/α-hetero) is 1. The van der Waals surface area contributed by atoms with Crippen LogP contribution < -0.4 is 10.6 Å². The number of carbonyl (C=O) groups excluding carboxylic acids is 3. The number of carbonyl (C=O) groups is 3. The summed E-state index contributed by atoms with van der Waals surface area (Å²) in [6.07, 6.45) is 0.763. The van der Waals surface area contributed by atoms with Crippen LogP contribution in [-0.4, -0.2) is 30.7 Å². The topological polar surface area (TPSA) is 75.3 Å². The quantitative estimate of drug-likeness (QED) is 0.481. The minimum atomic E-state index is -0.986. The molecule has 0 atom stereocenters. The average molecular weight is 394 g/mol. The van der Waals surface area contributed by atoms with Crippen LogP contribution in [0.4, 0.5) is 8.78 Å². The summed E-state index contributed by atoms with van der Waals surface area (Å²) in [4.78, 5) is 35.9. The lowest BCUT2D eigenvalue weighted by molar-refractivity contribution is -0.121. The predicted octanol–water partition coefficient (Wildman–Crippen LogP) is 2.85. The van der Waals surface area contributed by atoms with Crippen molar-refractivity contribution in [2.75, 3.05) is 13.1 Å². The second-order valence-corrected chi connectivity index (χ2v) is 6.83. The van der Waals surface area contributed by atoms with Crippen molar-refractivity contribution in [3.63, 3.8) is 0 Å². The molecule has 0 fully saturated rings. The number of ketones is 1. The third kappa shape index (κ3) is 7.26. The summed E-state index contributed by atoms with van der Waals surface area (Å²) in [5.41, 5.74) is 0.384. The van der Waals surface area contributed by atoms with Crippen molar-refractivity contribution in [2.24, 2.45) is 0 Å². The fourth-order valence-electron chi connectivity index (χ4n) is 2.32. The van der Waals surface area contributed by atoms with E-state index in [0.29, 0.717) is 30.0 Å². The van der Waals surface area contributed by atoms with Crippen LogP contribution in [0.1, 0.15) is 34.5 Å². The van der Waals surface area contributed by atoms with Crippen molar-refractivity contribution >= 4 is 28.9 Å². The molecular formula is C19H20F2N2O3S. The van der Waals surface area contributed by atoms with Crippen molar-refractivity contribution in [2.45, 2.75) is 25.7 Å². The number of hydrogen-bond acceptors (Lipinski definition) is 4. The predicted molar refractivity (Wildman–Crippen MR) is 98.6 cm³/mol. The third-order valence-electron chi connectivity index (χ3n) is 3.72. The van der Waals surface area contributed by atoms with E-state index in [1.807, 2.05) is 5.38 Å². The number of rotatable bonds is 10. The zero-order valence-electron chi connectivity index (χ0n) is 14.6. The number of thiophene rings is 1. The van der Waals surface area contributed by atoms with E-state index in [2.05, 4.69) is 10.6 Å². The molecule has 1 aromatic heterocycles. The number of benzene rings is 1. The summed E-state index contributed by atoms with van der Waals surface area (Å²) in [5, 5.41) is 7.15. The van der Waals surface area contributed by atoms with Gasteiger partial charge in [0.1, 0.15) is 0 Å². The molecule has 2 amide bonds. The molecule has 8 heteroatoms. The van der Waals surface area contributed by atoms with Gasteiger partial charge in [0.05, 0.1) is 11.3 Å². The summed E-state index contributed by atoms with van der Waals surface area (Å²) in [6.45, 7) is 0.717. The molecule has 0 saturated heterocycles. The molecule has 2 N–H and O–H groups in total. The first kappa shape index (κ1) is 20.7. The van der Waals surface area contributed by atoms with Gasteiger partial charge in [-0.15, -0.1) is 11.3 Å². The minimum Gasteiger partial charge on any atom is -0.356 e. The summed E-state index contributed by atoms with van der Waals surface area (Å²) >= 11 is 1.35. The lowest BCUT2D eigenvalue weighted by Crippen LogP contribution is -2.30. The highest BCUT2D eigenvalue weighted by Gasteiger charge is 2.10. The summed E-state index contributed by atoms with van der Waals surface area (Å²) in [5.74, 6) is -2.51. The first-order valence-electron chi connectivity index (χ1n) is 8.49. The number of halogens is 2. The van der Waals surface area contributed by atoms with Crippen LogP contribution in [0.3, 0.4) is 0 Å². The standard InChI is InChI=1S/C19H20F2N2O3S/c20-14-5-4-13(11-15(14)21)12-19(26)23-9-2-8-22-18(25)7-6-16(24)17-3-1-10-27-17/h1,3-5,10-11H,2,6-9,12H2,(H,22,25)(H,23,26). The van der Waals surface area contributed by atoms with Crippen LogP contribution in [-0.2, 0) is 16.0 Å². The monoisotopic (exact) mass is 394 g/mol. The van der Waals surface area contributed by atoms with Crippen molar-refractivity contribution in [1.82, 2.24) is 10.6 Å². The van der Waals surface area contributed by atoms with Crippen molar-refractivity contribution in [1.29, 1.82) is 0 Å². The Kier molecular flexibility index (Phi) is 8.06. The Morgan fingerprint density at radius 2 is 1.67 bits per heavy atom. The Hall–Kier alpha value is -2.61. The van der Waals surface area contributed by atoms with Gasteiger partial charge in [0, 0.05) is 25.9 Å². The van der Waals surface area contributed by atoms with E-state index in [1.165, 1.54) is 17.4 Å². The van der Waals surface area contributed by atoms with Crippen LogP contribution >= 0.6 is 11.3 Å². The Labute approximate surface area is 159 Å². The highest BCUT2D eigenvalue weighted by Crippen LogP contribution is 2.12. The van der Waals surface area contributed by atoms with Crippen molar-refractivity contribution < 1.29 is 23.2 Å². The number of nitrogens with one attached hydrogen (secondary N) is 2. The molecule has 0 bridgehead atoms. The maximum absolute atomic E-state index is 13.1. The van der Waals surface area contributed by atoms with Crippen LogP contribution in [0.15, 0.2) is 35.7 Å². The van der Waals surface area contributed by atoms with Gasteiger partial charge < -0.3 is 10.6 Å². The highest BCUT2D eigenvalue weighted by molar-refractivity contribution is 7.12. The highest BCUT2D eigenvalue weighted by atomic mass is 32.1. The number of amides is 2. The van der Waals surface area contributed by atoms with Crippen molar-refractivity contribution in [3.05, 3.63) is 57.8 Å². The second kappa shape index (κ2) is 10.5. The van der Waals surface area contributed by atoms with E-state index >= 15 is 0 Å². The SMILES string of the molecule is O=C(CCC(=O)c1cccs1)NCCCNC(=O)Cc1ccc(F)c(F)c1. The zero-order chi connectivity index (χ0) is 19.6. The fraction of sp³-hybridized carbons (Fsp3) is 0.316. The normalized spacial score (nSPS) is 10.4. The van der Waals surface area contributed by atoms with E-state index in [0.717, 1.165) is 12.1 Å². The van der Waals surface area contributed by atoms with E-state index in [9.17, 15) is 23.2 Å². The fourth-order valence-corrected chi connectivity index (χ4v) is 3.01. The Balaban J connectivity index is 1.55. The van der Waals surface area contributed by atoms with Gasteiger partial charge in [0.2, 0.25) is 11.8 Å². The van der Waals surface area contributed by atoms with Gasteiger partial charge in [0.25, 0.3) is 0 Å². The molecule has 0 saturated carbocycles. The molecule has 0 aliphatic heterocycles. The van der Waals surface area contributed by atoms with Gasteiger partial charge in [-0.2, -0.15) is 0 Å². The largest absolute Gasteiger partial charge is 0.356 e. The molecule has 0 aliphatic carbocycles. The summed E-state index contributed by atoms with van der Waals surface area (Å²) in [6, 6.07) is 6.85. The van der Waals surface area contributed by atoms with Crippen LogP contribution in [0.25, 0.3) is 0 Å². The third-order valence-corrected chi connectivity index (χ3v) is 4.63. The molecule has 0 unspecified atom stereocenters. The Bertz CT molecular complexity index is 794. The van der Waals surface area contributed by atoms with E-state index < -0.39 is 11.6 Å². The molecule has 1 aromatic carbocycles. The van der Waals surface area contributed by atoms with Crippen LogP contribution in [0.5, 0.6) is 0 Å². The van der Waals surface area contributed by atoms with E-state index in [1.54, 1.807) is 12.1 Å². The van der Waals surface area contributed by atoms with E-state index in [-0.39, 0.29) is 36.9 Å². The zero-order valence-corrected chi connectivity index (χ0v) is 15.4. The van der Waals surface area contributed by atoms with Crippen molar-refractivity contribution in [3.8, 4) is 0 Å². The maximum atomic E-state index is 13.1. The smallest absolute Gasteiger partial charge is 0.224 e. The van der Waals surface area contributed by atoms with Gasteiger partial charge in [-0.25, -0.2) is 8.78 Å². The van der Waals surface area contributed by atoms with Gasteiger partial charge in [-0.05, 0) is 35.6 Å². The first-order chi connectivity index (χ1) is 13.0. The average Bonchev–Trinajstić information content (AvgIpc) is 3.17. The number of hydrogen-bond donors (Lipinski definition) is 2. The van der Waals surface area contributed by atoms with Crippen LogP contribution in [0.2, 0.25) is 0 Å². The molecule has 2 rings (SSSR count). The van der Waals surface area contributed by atoms with Gasteiger partial charge in [-0.3, -0.25) is 14.4 Å². The summed E-state index contributed by atoms with van der Waals surface area (Å²) < 4.78 is 25.9. The Morgan fingerprint density at radius 1 is 0.926 bits per heavy atom. The molecular weight excluding hydrogens is 374 g/mol. The van der Waals surface area contributed by atoms with Crippen LogP contribution in [0, 0.1) is 11.6 Å². The van der Waals surface area contributed by atoms with Gasteiger partial charge >= 0.3 is 0 Å². The maximum Gasteiger partial charge on any atom is 0.224 e.